The molecule has 0 radical (unpaired) electrons. The van der Waals surface area contributed by atoms with E-state index >= 15 is 0 Å². The minimum absolute atomic E-state index is 0.0105. The summed E-state index contributed by atoms with van der Waals surface area (Å²) in [7, 11) is 0. The second-order valence-electron chi connectivity index (χ2n) is 5.86. The average Bonchev–Trinajstić information content (AvgIpc) is 2.95. The van der Waals surface area contributed by atoms with Gasteiger partial charge in [0.15, 0.2) is 0 Å². The minimum atomic E-state index is -0.533. The minimum Gasteiger partial charge on any atom is -0.481 e. The lowest BCUT2D eigenvalue weighted by Gasteiger charge is -2.32. The maximum absolute atomic E-state index is 11.2. The maximum atomic E-state index is 11.2. The van der Waals surface area contributed by atoms with Crippen molar-refractivity contribution in [1.82, 2.24) is 0 Å². The van der Waals surface area contributed by atoms with Gasteiger partial charge in [-0.1, -0.05) is 11.1 Å². The predicted octanol–water partition coefficient (Wildman–Crippen LogP) is 2.45. The highest BCUT2D eigenvalue weighted by Crippen LogP contribution is 2.65. The molecule has 5 unspecified atom stereocenters. The molecule has 2 nitrogen and oxygen atoms in total. The molecule has 0 aliphatic heterocycles. The third-order valence-electron chi connectivity index (χ3n) is 5.43. The van der Waals surface area contributed by atoms with E-state index in [1.165, 1.54) is 25.7 Å². The van der Waals surface area contributed by atoms with Gasteiger partial charge in [0.25, 0.3) is 0 Å². The molecule has 3 saturated carbocycles. The summed E-state index contributed by atoms with van der Waals surface area (Å²) in [6.45, 7) is 0. The molecule has 0 aromatic carbocycles. The molecule has 0 heterocycles. The molecule has 4 aliphatic rings. The topological polar surface area (TPSA) is 37.3 Å². The van der Waals surface area contributed by atoms with Crippen molar-refractivity contribution in [3.05, 3.63) is 11.1 Å². The van der Waals surface area contributed by atoms with Crippen molar-refractivity contribution < 1.29 is 9.90 Å². The molecule has 4 rings (SSSR count). The third-order valence-corrected chi connectivity index (χ3v) is 5.43. The van der Waals surface area contributed by atoms with Crippen LogP contribution in [0.2, 0.25) is 0 Å². The summed E-state index contributed by atoms with van der Waals surface area (Å²) in [4.78, 5) is 11.2. The first-order valence-electron chi connectivity index (χ1n) is 6.20. The van der Waals surface area contributed by atoms with Gasteiger partial charge >= 0.3 is 5.97 Å². The van der Waals surface area contributed by atoms with E-state index in [2.05, 4.69) is 0 Å². The van der Waals surface area contributed by atoms with Gasteiger partial charge in [-0.15, -0.1) is 0 Å². The summed E-state index contributed by atoms with van der Waals surface area (Å²) >= 11 is 0. The van der Waals surface area contributed by atoms with Crippen LogP contribution < -0.4 is 0 Å². The first-order chi connectivity index (χ1) is 7.25. The highest BCUT2D eigenvalue weighted by molar-refractivity contribution is 5.72. The van der Waals surface area contributed by atoms with Crippen LogP contribution in [0.3, 0.4) is 0 Å². The lowest BCUT2D eigenvalue weighted by molar-refractivity contribution is -0.144. The number of hydrogen-bond acceptors (Lipinski definition) is 1. The lowest BCUT2D eigenvalue weighted by Crippen LogP contribution is -2.30. The fourth-order valence-electron chi connectivity index (χ4n) is 5.08. The Hall–Kier alpha value is -0.790. The number of carboxylic acids is 1. The van der Waals surface area contributed by atoms with Gasteiger partial charge in [-0.3, -0.25) is 4.79 Å². The highest BCUT2D eigenvalue weighted by Gasteiger charge is 2.58. The van der Waals surface area contributed by atoms with Crippen molar-refractivity contribution in [1.29, 1.82) is 0 Å². The molecule has 0 spiro atoms. The van der Waals surface area contributed by atoms with Gasteiger partial charge in [0, 0.05) is 0 Å². The lowest BCUT2D eigenvalue weighted by atomic mass is 9.72. The number of carboxylic acid groups (broad SMARTS) is 1. The van der Waals surface area contributed by atoms with Crippen LogP contribution in [-0.2, 0) is 4.79 Å². The Morgan fingerprint density at radius 3 is 3.00 bits per heavy atom. The summed E-state index contributed by atoms with van der Waals surface area (Å²) in [6.07, 6.45) is 6.13. The Morgan fingerprint density at radius 2 is 2.20 bits per heavy atom. The fraction of sp³-hybridized carbons (Fsp3) is 0.769. The zero-order valence-corrected chi connectivity index (χ0v) is 8.78. The Morgan fingerprint density at radius 1 is 1.33 bits per heavy atom. The van der Waals surface area contributed by atoms with Gasteiger partial charge in [0.2, 0.25) is 0 Å². The van der Waals surface area contributed by atoms with Crippen LogP contribution in [0.5, 0.6) is 0 Å². The molecule has 2 heteroatoms. The normalized spacial score (nSPS) is 50.3. The van der Waals surface area contributed by atoms with Crippen LogP contribution in [0.25, 0.3) is 0 Å². The quantitative estimate of drug-likeness (QED) is 0.666. The summed E-state index contributed by atoms with van der Waals surface area (Å²) < 4.78 is 0. The van der Waals surface area contributed by atoms with Crippen LogP contribution in [-0.4, -0.2) is 11.1 Å². The number of allylic oxidation sites excluding steroid dienone is 2. The number of rotatable bonds is 1. The van der Waals surface area contributed by atoms with E-state index < -0.39 is 5.97 Å². The Bertz CT molecular complexity index is 382. The summed E-state index contributed by atoms with van der Waals surface area (Å²) in [6, 6.07) is 0. The smallest absolute Gasteiger partial charge is 0.306 e. The number of carbonyl (C=O) groups is 1. The molecule has 0 aromatic heterocycles. The summed E-state index contributed by atoms with van der Waals surface area (Å²) in [5.41, 5.74) is 3.48. The van der Waals surface area contributed by atoms with Crippen molar-refractivity contribution in [2.75, 3.05) is 0 Å². The summed E-state index contributed by atoms with van der Waals surface area (Å²) in [5, 5.41) is 9.21. The van der Waals surface area contributed by atoms with Crippen LogP contribution in [0.1, 0.15) is 32.1 Å². The van der Waals surface area contributed by atoms with E-state index in [0.717, 1.165) is 12.3 Å². The second-order valence-corrected chi connectivity index (χ2v) is 5.86. The fourth-order valence-corrected chi connectivity index (χ4v) is 5.08. The van der Waals surface area contributed by atoms with Gasteiger partial charge in [0.1, 0.15) is 0 Å². The molecule has 80 valence electrons. The molecule has 0 saturated heterocycles. The number of fused-ring (bicyclic) bond motifs is 8. The molecule has 1 N–H and O–H groups in total. The zero-order chi connectivity index (χ0) is 10.2. The van der Waals surface area contributed by atoms with Gasteiger partial charge in [-0.25, -0.2) is 0 Å². The first-order valence-corrected chi connectivity index (χ1v) is 6.20. The number of hydrogen-bond donors (Lipinski definition) is 1. The third kappa shape index (κ3) is 0.849. The van der Waals surface area contributed by atoms with E-state index in [-0.39, 0.29) is 5.92 Å². The van der Waals surface area contributed by atoms with Gasteiger partial charge in [0.05, 0.1) is 5.92 Å². The average molecular weight is 204 g/mol. The molecule has 5 atom stereocenters. The Balaban J connectivity index is 1.76. The monoisotopic (exact) mass is 204 g/mol. The van der Waals surface area contributed by atoms with E-state index in [9.17, 15) is 9.90 Å². The van der Waals surface area contributed by atoms with E-state index in [1.54, 1.807) is 11.1 Å². The van der Waals surface area contributed by atoms with Gasteiger partial charge in [-0.2, -0.15) is 0 Å². The molecule has 0 amide bonds. The van der Waals surface area contributed by atoms with Crippen LogP contribution in [0.4, 0.5) is 0 Å². The van der Waals surface area contributed by atoms with Gasteiger partial charge < -0.3 is 5.11 Å². The van der Waals surface area contributed by atoms with Crippen molar-refractivity contribution >= 4 is 5.97 Å². The van der Waals surface area contributed by atoms with E-state index in [4.69, 9.17) is 0 Å². The predicted molar refractivity (Wildman–Crippen MR) is 55.2 cm³/mol. The largest absolute Gasteiger partial charge is 0.481 e. The highest BCUT2D eigenvalue weighted by atomic mass is 16.4. The number of aliphatic carboxylic acids is 1. The standard InChI is InChI=1S/C13H16O2/c14-13(15)10-5-8-4-9(10)12-7-2-1-6(3-7)11(8)12/h7-10,12H,1-5H2,(H,14,15). The SMILES string of the molecule is O=C(O)C1CC2CC1C1C2=C2CCC1C2. The molecular weight excluding hydrogens is 188 g/mol. The molecule has 4 aliphatic carbocycles. The van der Waals surface area contributed by atoms with Crippen LogP contribution >= 0.6 is 0 Å². The molecular formula is C13H16O2. The van der Waals surface area contributed by atoms with Crippen molar-refractivity contribution in [2.45, 2.75) is 32.1 Å². The molecule has 15 heavy (non-hydrogen) atoms. The Kier molecular flexibility index (Phi) is 1.38. The van der Waals surface area contributed by atoms with Crippen LogP contribution in [0, 0.1) is 29.6 Å². The van der Waals surface area contributed by atoms with E-state index in [1.807, 2.05) is 0 Å². The van der Waals surface area contributed by atoms with Gasteiger partial charge in [-0.05, 0) is 55.8 Å². The molecule has 0 aromatic rings. The molecule has 3 fully saturated rings. The second kappa shape index (κ2) is 2.47. The van der Waals surface area contributed by atoms with E-state index in [0.29, 0.717) is 17.8 Å². The zero-order valence-electron chi connectivity index (χ0n) is 8.78. The van der Waals surface area contributed by atoms with Crippen molar-refractivity contribution in [3.8, 4) is 0 Å². The molecule has 4 bridgehead atoms. The first kappa shape index (κ1) is 8.37. The van der Waals surface area contributed by atoms with Crippen LogP contribution in [0.15, 0.2) is 11.1 Å². The maximum Gasteiger partial charge on any atom is 0.306 e. The summed E-state index contributed by atoms with van der Waals surface area (Å²) in [5.74, 6) is 2.17. The van der Waals surface area contributed by atoms with Crippen molar-refractivity contribution in [2.24, 2.45) is 29.6 Å². The van der Waals surface area contributed by atoms with Crippen molar-refractivity contribution in [3.63, 3.8) is 0 Å². The Labute approximate surface area is 89.4 Å².